The molecule has 0 radical (unpaired) electrons. The Bertz CT molecular complexity index is 499. The van der Waals surface area contributed by atoms with E-state index in [9.17, 15) is 8.78 Å². The van der Waals surface area contributed by atoms with Crippen LogP contribution in [0.1, 0.15) is 11.3 Å². The molecule has 0 aliphatic rings. The minimum Gasteiger partial charge on any atom is -0.248 e. The molecule has 0 bridgehead atoms. The van der Waals surface area contributed by atoms with Gasteiger partial charge in [0.2, 0.25) is 0 Å². The second-order valence-corrected chi connectivity index (χ2v) is 3.84. The molecule has 1 heterocycles. The quantitative estimate of drug-likeness (QED) is 0.812. The van der Waals surface area contributed by atoms with E-state index < -0.39 is 11.6 Å². The SMILES string of the molecule is Fc1ccc(F)c(Cn2cc(CBr)nn2)c1. The Morgan fingerprint density at radius 3 is 2.81 bits per heavy atom. The predicted molar refractivity (Wildman–Crippen MR) is 58.1 cm³/mol. The number of nitrogens with zero attached hydrogens (tertiary/aromatic N) is 3. The average molecular weight is 288 g/mol. The van der Waals surface area contributed by atoms with Gasteiger partial charge in [-0.2, -0.15) is 0 Å². The number of halogens is 3. The molecule has 0 unspecified atom stereocenters. The van der Waals surface area contributed by atoms with Crippen molar-refractivity contribution in [1.82, 2.24) is 15.0 Å². The zero-order chi connectivity index (χ0) is 11.5. The van der Waals surface area contributed by atoms with Gasteiger partial charge in [0.15, 0.2) is 0 Å². The summed E-state index contributed by atoms with van der Waals surface area (Å²) < 4.78 is 27.7. The number of rotatable bonds is 3. The fourth-order valence-corrected chi connectivity index (χ4v) is 1.57. The number of alkyl halides is 1. The maximum Gasteiger partial charge on any atom is 0.128 e. The van der Waals surface area contributed by atoms with Gasteiger partial charge in [-0.25, -0.2) is 13.5 Å². The Morgan fingerprint density at radius 2 is 2.12 bits per heavy atom. The summed E-state index contributed by atoms with van der Waals surface area (Å²) in [6.07, 6.45) is 1.68. The highest BCUT2D eigenvalue weighted by atomic mass is 79.9. The summed E-state index contributed by atoms with van der Waals surface area (Å²) >= 11 is 3.23. The standard InChI is InChI=1S/C10H8BrF2N3/c11-4-9-6-16(15-14-9)5-7-3-8(12)1-2-10(7)13/h1-3,6H,4-5H2. The fraction of sp³-hybridized carbons (Fsp3) is 0.200. The highest BCUT2D eigenvalue weighted by Crippen LogP contribution is 2.11. The maximum atomic E-state index is 13.3. The summed E-state index contributed by atoms with van der Waals surface area (Å²) in [4.78, 5) is 0. The Balaban J connectivity index is 2.22. The van der Waals surface area contributed by atoms with Crippen molar-refractivity contribution in [2.24, 2.45) is 0 Å². The van der Waals surface area contributed by atoms with Crippen LogP contribution in [-0.4, -0.2) is 15.0 Å². The van der Waals surface area contributed by atoms with Crippen LogP contribution in [-0.2, 0) is 11.9 Å². The van der Waals surface area contributed by atoms with Gasteiger partial charge in [-0.05, 0) is 18.2 Å². The fourth-order valence-electron chi connectivity index (χ4n) is 1.32. The second-order valence-electron chi connectivity index (χ2n) is 3.28. The molecule has 0 atom stereocenters. The lowest BCUT2D eigenvalue weighted by atomic mass is 10.2. The largest absolute Gasteiger partial charge is 0.248 e. The third-order valence-electron chi connectivity index (χ3n) is 2.06. The van der Waals surface area contributed by atoms with Crippen molar-refractivity contribution in [1.29, 1.82) is 0 Å². The Morgan fingerprint density at radius 1 is 1.31 bits per heavy atom. The zero-order valence-electron chi connectivity index (χ0n) is 8.20. The van der Waals surface area contributed by atoms with E-state index in [1.54, 1.807) is 6.20 Å². The molecule has 0 saturated heterocycles. The van der Waals surface area contributed by atoms with Gasteiger partial charge in [-0.3, -0.25) is 0 Å². The molecule has 0 amide bonds. The lowest BCUT2D eigenvalue weighted by molar-refractivity contribution is 0.560. The lowest BCUT2D eigenvalue weighted by Crippen LogP contribution is -2.03. The van der Waals surface area contributed by atoms with E-state index in [-0.39, 0.29) is 12.1 Å². The van der Waals surface area contributed by atoms with Crippen molar-refractivity contribution >= 4 is 15.9 Å². The third-order valence-corrected chi connectivity index (χ3v) is 2.64. The number of benzene rings is 1. The minimum atomic E-state index is -0.461. The lowest BCUT2D eigenvalue weighted by Gasteiger charge is -2.02. The molecule has 0 saturated carbocycles. The number of hydrogen-bond donors (Lipinski definition) is 0. The van der Waals surface area contributed by atoms with Gasteiger partial charge in [0.1, 0.15) is 11.6 Å². The van der Waals surface area contributed by atoms with E-state index in [4.69, 9.17) is 0 Å². The summed E-state index contributed by atoms with van der Waals surface area (Å²) in [6, 6.07) is 3.35. The molecule has 0 aliphatic carbocycles. The molecule has 1 aromatic heterocycles. The normalized spacial score (nSPS) is 10.7. The first kappa shape index (κ1) is 11.2. The van der Waals surface area contributed by atoms with Gasteiger partial charge >= 0.3 is 0 Å². The van der Waals surface area contributed by atoms with Crippen LogP contribution in [0.15, 0.2) is 24.4 Å². The molecule has 0 N–H and O–H groups in total. The molecular formula is C10H8BrF2N3. The molecule has 0 aliphatic heterocycles. The third kappa shape index (κ3) is 2.44. The van der Waals surface area contributed by atoms with Gasteiger partial charge in [0.05, 0.1) is 12.2 Å². The van der Waals surface area contributed by atoms with Crippen LogP contribution in [0.3, 0.4) is 0 Å². The van der Waals surface area contributed by atoms with E-state index in [0.29, 0.717) is 5.33 Å². The first-order valence-electron chi connectivity index (χ1n) is 4.58. The highest BCUT2D eigenvalue weighted by molar-refractivity contribution is 9.08. The summed E-state index contributed by atoms with van der Waals surface area (Å²) in [6.45, 7) is 0.170. The van der Waals surface area contributed by atoms with Crippen molar-refractivity contribution < 1.29 is 8.78 Å². The first-order valence-corrected chi connectivity index (χ1v) is 5.70. The van der Waals surface area contributed by atoms with Crippen LogP contribution in [0.5, 0.6) is 0 Å². The van der Waals surface area contributed by atoms with Crippen LogP contribution in [0.2, 0.25) is 0 Å². The van der Waals surface area contributed by atoms with Crippen molar-refractivity contribution in [3.05, 3.63) is 47.3 Å². The molecular weight excluding hydrogens is 280 g/mol. The Hall–Kier alpha value is -1.30. The molecule has 6 heteroatoms. The molecule has 1 aromatic carbocycles. The molecule has 2 aromatic rings. The Labute approximate surface area is 99.2 Å². The zero-order valence-corrected chi connectivity index (χ0v) is 9.79. The smallest absolute Gasteiger partial charge is 0.128 e. The molecule has 84 valence electrons. The van der Waals surface area contributed by atoms with Gasteiger partial charge < -0.3 is 0 Å². The average Bonchev–Trinajstić information content (AvgIpc) is 2.71. The van der Waals surface area contributed by atoms with Crippen molar-refractivity contribution in [3.63, 3.8) is 0 Å². The van der Waals surface area contributed by atoms with Crippen LogP contribution >= 0.6 is 15.9 Å². The topological polar surface area (TPSA) is 30.7 Å². The van der Waals surface area contributed by atoms with E-state index in [2.05, 4.69) is 26.2 Å². The summed E-state index contributed by atoms with van der Waals surface area (Å²) in [7, 11) is 0. The molecule has 3 nitrogen and oxygen atoms in total. The minimum absolute atomic E-state index is 0.170. The van der Waals surface area contributed by atoms with Crippen LogP contribution in [0.4, 0.5) is 8.78 Å². The van der Waals surface area contributed by atoms with Crippen molar-refractivity contribution in [3.8, 4) is 0 Å². The van der Waals surface area contributed by atoms with Crippen LogP contribution in [0, 0.1) is 11.6 Å². The first-order chi connectivity index (χ1) is 7.69. The van der Waals surface area contributed by atoms with E-state index in [0.717, 1.165) is 23.9 Å². The number of hydrogen-bond acceptors (Lipinski definition) is 2. The monoisotopic (exact) mass is 287 g/mol. The van der Waals surface area contributed by atoms with Crippen LogP contribution in [0.25, 0.3) is 0 Å². The molecule has 16 heavy (non-hydrogen) atoms. The van der Waals surface area contributed by atoms with Gasteiger partial charge in [0.25, 0.3) is 0 Å². The van der Waals surface area contributed by atoms with E-state index in [1.807, 2.05) is 0 Å². The molecule has 0 fully saturated rings. The summed E-state index contributed by atoms with van der Waals surface area (Å²) in [5, 5.41) is 8.22. The molecule has 0 spiro atoms. The summed E-state index contributed by atoms with van der Waals surface area (Å²) in [5.41, 5.74) is 1.00. The van der Waals surface area contributed by atoms with Gasteiger partial charge in [-0.15, -0.1) is 5.10 Å². The van der Waals surface area contributed by atoms with Crippen molar-refractivity contribution in [2.75, 3.05) is 0 Å². The van der Waals surface area contributed by atoms with Gasteiger partial charge in [0, 0.05) is 17.1 Å². The number of aromatic nitrogens is 3. The maximum absolute atomic E-state index is 13.3. The predicted octanol–water partition coefficient (Wildman–Crippen LogP) is 2.50. The molecule has 2 rings (SSSR count). The van der Waals surface area contributed by atoms with Gasteiger partial charge in [-0.1, -0.05) is 21.1 Å². The Kier molecular flexibility index (Phi) is 3.28. The summed E-state index contributed by atoms with van der Waals surface area (Å²) in [5.74, 6) is -0.908. The highest BCUT2D eigenvalue weighted by Gasteiger charge is 2.06. The van der Waals surface area contributed by atoms with E-state index in [1.165, 1.54) is 4.68 Å². The second kappa shape index (κ2) is 4.69. The van der Waals surface area contributed by atoms with Crippen LogP contribution < -0.4 is 0 Å². The van der Waals surface area contributed by atoms with E-state index >= 15 is 0 Å². The van der Waals surface area contributed by atoms with Crippen molar-refractivity contribution in [2.45, 2.75) is 11.9 Å².